The fraction of sp³-hybridized carbons (Fsp3) is 0.619. The number of benzene rings is 1. The van der Waals surface area contributed by atoms with E-state index in [2.05, 4.69) is 39.8 Å². The van der Waals surface area contributed by atoms with Gasteiger partial charge >= 0.3 is 0 Å². The molecule has 0 radical (unpaired) electrons. The van der Waals surface area contributed by atoms with E-state index in [1.165, 1.54) is 44.5 Å². The summed E-state index contributed by atoms with van der Waals surface area (Å²) in [5.41, 5.74) is 2.27. The summed E-state index contributed by atoms with van der Waals surface area (Å²) in [7, 11) is 0. The summed E-state index contributed by atoms with van der Waals surface area (Å²) in [6.45, 7) is 4.64. The summed E-state index contributed by atoms with van der Waals surface area (Å²) in [4.78, 5) is 25.8. The van der Waals surface area contributed by atoms with E-state index in [1.807, 2.05) is 0 Å². The van der Waals surface area contributed by atoms with Crippen LogP contribution in [-0.2, 0) is 9.59 Å². The Hall–Kier alpha value is -1.88. The van der Waals surface area contributed by atoms with Gasteiger partial charge in [-0.25, -0.2) is 0 Å². The zero-order valence-corrected chi connectivity index (χ0v) is 15.4. The molecule has 1 aromatic rings. The van der Waals surface area contributed by atoms with E-state index in [-0.39, 0.29) is 17.7 Å². The number of anilines is 1. The lowest BCUT2D eigenvalue weighted by Crippen LogP contribution is -2.40. The molecule has 5 heteroatoms. The Balaban J connectivity index is 1.34. The van der Waals surface area contributed by atoms with Gasteiger partial charge in [-0.2, -0.15) is 0 Å². The van der Waals surface area contributed by atoms with Crippen molar-refractivity contribution >= 4 is 17.5 Å². The highest BCUT2D eigenvalue weighted by molar-refractivity contribution is 6.00. The Morgan fingerprint density at radius 3 is 2.15 bits per heavy atom. The van der Waals surface area contributed by atoms with E-state index >= 15 is 0 Å². The monoisotopic (exact) mass is 355 g/mol. The minimum Gasteiger partial charge on any atom is -0.372 e. The SMILES string of the molecule is O=C1CCC(c2ccc(N3CCC(C4CCNCC4)CC3)cc2)C(=O)N1. The number of piperidine rings is 3. The van der Waals surface area contributed by atoms with Crippen molar-refractivity contribution in [3.8, 4) is 0 Å². The molecule has 5 nitrogen and oxygen atoms in total. The van der Waals surface area contributed by atoms with Gasteiger partial charge in [-0.05, 0) is 74.7 Å². The lowest BCUT2D eigenvalue weighted by molar-refractivity contribution is -0.134. The van der Waals surface area contributed by atoms with Gasteiger partial charge in [-0.3, -0.25) is 14.9 Å². The average Bonchev–Trinajstić information content (AvgIpc) is 2.69. The minimum absolute atomic E-state index is 0.153. The summed E-state index contributed by atoms with van der Waals surface area (Å²) >= 11 is 0. The molecule has 3 heterocycles. The van der Waals surface area contributed by atoms with E-state index in [4.69, 9.17) is 0 Å². The van der Waals surface area contributed by atoms with Crippen LogP contribution in [0.1, 0.15) is 50.0 Å². The van der Waals surface area contributed by atoms with Gasteiger partial charge in [0.1, 0.15) is 0 Å². The molecule has 4 rings (SSSR count). The highest BCUT2D eigenvalue weighted by atomic mass is 16.2. The maximum absolute atomic E-state index is 12.0. The van der Waals surface area contributed by atoms with Gasteiger partial charge in [-0.1, -0.05) is 12.1 Å². The lowest BCUT2D eigenvalue weighted by atomic mass is 9.79. The second-order valence-electron chi connectivity index (χ2n) is 8.01. The van der Waals surface area contributed by atoms with E-state index in [9.17, 15) is 9.59 Å². The maximum Gasteiger partial charge on any atom is 0.234 e. The van der Waals surface area contributed by atoms with Crippen LogP contribution in [0.3, 0.4) is 0 Å². The quantitative estimate of drug-likeness (QED) is 0.818. The van der Waals surface area contributed by atoms with Crippen molar-refractivity contribution in [2.75, 3.05) is 31.1 Å². The highest BCUT2D eigenvalue weighted by Crippen LogP contribution is 2.33. The van der Waals surface area contributed by atoms with E-state index in [0.29, 0.717) is 12.8 Å². The second kappa shape index (κ2) is 7.78. The predicted molar refractivity (Wildman–Crippen MR) is 102 cm³/mol. The molecule has 3 aliphatic heterocycles. The number of hydrogen-bond donors (Lipinski definition) is 2. The number of carbonyl (C=O) groups is 2. The first-order chi connectivity index (χ1) is 12.7. The highest BCUT2D eigenvalue weighted by Gasteiger charge is 2.29. The van der Waals surface area contributed by atoms with Crippen molar-refractivity contribution in [1.82, 2.24) is 10.6 Å². The number of imide groups is 1. The third-order valence-electron chi connectivity index (χ3n) is 6.49. The number of nitrogens with zero attached hydrogens (tertiary/aromatic N) is 1. The standard InChI is InChI=1S/C21H29N3O2/c25-20-6-5-19(21(26)23-20)17-1-3-18(4-2-17)24-13-9-16(10-14-24)15-7-11-22-12-8-15/h1-4,15-16,19,22H,5-14H2,(H,23,25,26). The zero-order chi connectivity index (χ0) is 17.9. The van der Waals surface area contributed by atoms with Gasteiger partial charge in [0, 0.05) is 25.2 Å². The summed E-state index contributed by atoms with van der Waals surface area (Å²) in [5.74, 6) is 1.30. The van der Waals surface area contributed by atoms with Crippen molar-refractivity contribution in [2.24, 2.45) is 11.8 Å². The number of nitrogens with one attached hydrogen (secondary N) is 2. The molecule has 2 amide bonds. The molecule has 1 unspecified atom stereocenters. The van der Waals surface area contributed by atoms with Crippen molar-refractivity contribution in [2.45, 2.75) is 44.4 Å². The van der Waals surface area contributed by atoms with Crippen LogP contribution < -0.4 is 15.5 Å². The van der Waals surface area contributed by atoms with Crippen LogP contribution in [-0.4, -0.2) is 38.0 Å². The van der Waals surface area contributed by atoms with Crippen molar-refractivity contribution < 1.29 is 9.59 Å². The van der Waals surface area contributed by atoms with E-state index < -0.39 is 0 Å². The van der Waals surface area contributed by atoms with Gasteiger partial charge in [0.05, 0.1) is 5.92 Å². The van der Waals surface area contributed by atoms with Crippen molar-refractivity contribution in [1.29, 1.82) is 0 Å². The molecule has 3 aliphatic rings. The molecule has 3 saturated heterocycles. The Morgan fingerprint density at radius 1 is 0.846 bits per heavy atom. The van der Waals surface area contributed by atoms with Crippen molar-refractivity contribution in [3.63, 3.8) is 0 Å². The molecule has 140 valence electrons. The molecule has 1 atom stereocenters. The number of amides is 2. The lowest BCUT2D eigenvalue weighted by Gasteiger charge is -2.38. The molecule has 26 heavy (non-hydrogen) atoms. The topological polar surface area (TPSA) is 61.4 Å². The molecule has 0 bridgehead atoms. The van der Waals surface area contributed by atoms with Gasteiger partial charge in [0.15, 0.2) is 0 Å². The molecular weight excluding hydrogens is 326 g/mol. The van der Waals surface area contributed by atoms with Crippen LogP contribution >= 0.6 is 0 Å². The molecule has 0 spiro atoms. The van der Waals surface area contributed by atoms with Gasteiger partial charge in [0.25, 0.3) is 0 Å². The number of carbonyl (C=O) groups excluding carboxylic acids is 2. The van der Waals surface area contributed by atoms with Crippen LogP contribution in [0.4, 0.5) is 5.69 Å². The van der Waals surface area contributed by atoms with Gasteiger partial charge in [-0.15, -0.1) is 0 Å². The predicted octanol–water partition coefficient (Wildman–Crippen LogP) is 2.42. The summed E-state index contributed by atoms with van der Waals surface area (Å²) in [6, 6.07) is 8.41. The van der Waals surface area contributed by atoms with Crippen LogP contribution in [0.15, 0.2) is 24.3 Å². The maximum atomic E-state index is 12.0. The van der Waals surface area contributed by atoms with E-state index in [1.54, 1.807) is 0 Å². The van der Waals surface area contributed by atoms with Crippen LogP contribution in [0.25, 0.3) is 0 Å². The fourth-order valence-corrected chi connectivity index (χ4v) is 4.87. The van der Waals surface area contributed by atoms with Crippen LogP contribution in [0.5, 0.6) is 0 Å². The van der Waals surface area contributed by atoms with E-state index in [0.717, 1.165) is 30.5 Å². The molecule has 2 N–H and O–H groups in total. The first-order valence-corrected chi connectivity index (χ1v) is 10.1. The minimum atomic E-state index is -0.188. The molecule has 0 aromatic heterocycles. The summed E-state index contributed by atoms with van der Waals surface area (Å²) < 4.78 is 0. The largest absolute Gasteiger partial charge is 0.372 e. The Bertz CT molecular complexity index is 644. The molecule has 3 fully saturated rings. The third kappa shape index (κ3) is 3.78. The van der Waals surface area contributed by atoms with Gasteiger partial charge < -0.3 is 10.2 Å². The molecule has 1 aromatic carbocycles. The second-order valence-corrected chi connectivity index (χ2v) is 8.01. The summed E-state index contributed by atoms with van der Waals surface area (Å²) in [6.07, 6.45) is 6.31. The number of hydrogen-bond acceptors (Lipinski definition) is 4. The molecule has 0 aliphatic carbocycles. The molecule has 0 saturated carbocycles. The first-order valence-electron chi connectivity index (χ1n) is 10.1. The van der Waals surface area contributed by atoms with Gasteiger partial charge in [0.2, 0.25) is 11.8 Å². The van der Waals surface area contributed by atoms with Crippen LogP contribution in [0, 0.1) is 11.8 Å². The van der Waals surface area contributed by atoms with Crippen molar-refractivity contribution in [3.05, 3.63) is 29.8 Å². The smallest absolute Gasteiger partial charge is 0.234 e. The Kier molecular flexibility index (Phi) is 5.25. The summed E-state index contributed by atoms with van der Waals surface area (Å²) in [5, 5.41) is 5.92. The fourth-order valence-electron chi connectivity index (χ4n) is 4.87. The Morgan fingerprint density at radius 2 is 1.50 bits per heavy atom. The molecular formula is C21H29N3O2. The van der Waals surface area contributed by atoms with Crippen LogP contribution in [0.2, 0.25) is 0 Å². The third-order valence-corrected chi connectivity index (χ3v) is 6.49. The number of rotatable bonds is 3. The normalized spacial score (nSPS) is 26.0. The Labute approximate surface area is 155 Å². The average molecular weight is 355 g/mol. The zero-order valence-electron chi connectivity index (χ0n) is 15.4. The first kappa shape index (κ1) is 17.5.